The van der Waals surface area contributed by atoms with E-state index in [2.05, 4.69) is 10.6 Å². The van der Waals surface area contributed by atoms with Gasteiger partial charge in [-0.05, 0) is 17.5 Å². The van der Waals surface area contributed by atoms with Gasteiger partial charge in [-0.1, -0.05) is 32.0 Å². The lowest BCUT2D eigenvalue weighted by atomic mass is 10.0. The zero-order valence-corrected chi connectivity index (χ0v) is 14.9. The van der Waals surface area contributed by atoms with E-state index < -0.39 is 17.8 Å². The molecule has 2 rings (SSSR count). The van der Waals surface area contributed by atoms with Gasteiger partial charge in [-0.2, -0.15) is 13.2 Å². The van der Waals surface area contributed by atoms with Gasteiger partial charge in [-0.15, -0.1) is 0 Å². The highest BCUT2D eigenvalue weighted by Gasteiger charge is 2.36. The molecule has 144 valence electrons. The second kappa shape index (κ2) is 8.53. The van der Waals surface area contributed by atoms with E-state index in [4.69, 9.17) is 0 Å². The number of rotatable bonds is 6. The Kier molecular flexibility index (Phi) is 6.63. The van der Waals surface area contributed by atoms with E-state index in [1.807, 2.05) is 13.8 Å². The van der Waals surface area contributed by atoms with Crippen LogP contribution in [-0.4, -0.2) is 42.4 Å². The molecule has 2 N–H and O–H groups in total. The van der Waals surface area contributed by atoms with E-state index in [1.54, 1.807) is 11.0 Å². The van der Waals surface area contributed by atoms with Crippen LogP contribution in [0, 0.1) is 5.92 Å². The molecule has 0 aliphatic carbocycles. The number of hydrogen-bond donors (Lipinski definition) is 2. The van der Waals surface area contributed by atoms with E-state index >= 15 is 0 Å². The molecule has 0 radical (unpaired) electrons. The normalized spacial score (nSPS) is 18.7. The first kappa shape index (κ1) is 20.2. The van der Waals surface area contributed by atoms with Crippen LogP contribution >= 0.6 is 0 Å². The molecule has 0 unspecified atom stereocenters. The van der Waals surface area contributed by atoms with Crippen molar-refractivity contribution in [2.24, 2.45) is 5.92 Å². The van der Waals surface area contributed by atoms with Crippen molar-refractivity contribution >= 4 is 11.8 Å². The van der Waals surface area contributed by atoms with E-state index in [0.29, 0.717) is 19.6 Å². The SMILES string of the molecule is CC(C)CNC(=O)C[C@H]1C(=O)NCCN1Cc1ccccc1C(F)(F)F. The molecule has 2 amide bonds. The van der Waals surface area contributed by atoms with Crippen molar-refractivity contribution in [3.63, 3.8) is 0 Å². The predicted octanol–water partition coefficient (Wildman–Crippen LogP) is 2.17. The first-order chi connectivity index (χ1) is 12.2. The van der Waals surface area contributed by atoms with Crippen molar-refractivity contribution in [3.05, 3.63) is 35.4 Å². The summed E-state index contributed by atoms with van der Waals surface area (Å²) in [7, 11) is 0. The van der Waals surface area contributed by atoms with Gasteiger partial charge in [-0.25, -0.2) is 0 Å². The summed E-state index contributed by atoms with van der Waals surface area (Å²) in [5.74, 6) is -0.343. The standard InChI is InChI=1S/C18H24F3N3O2/c1-12(2)10-23-16(25)9-15-17(26)22-7-8-24(15)11-13-5-3-4-6-14(13)18(19,20)21/h3-6,12,15H,7-11H2,1-2H3,(H,22,26)(H,23,25)/t15-/m0/s1. The minimum absolute atomic E-state index is 0.0365. The molecule has 0 aromatic heterocycles. The minimum Gasteiger partial charge on any atom is -0.356 e. The number of carbonyl (C=O) groups is 2. The minimum atomic E-state index is -4.46. The van der Waals surface area contributed by atoms with Crippen molar-refractivity contribution in [1.82, 2.24) is 15.5 Å². The van der Waals surface area contributed by atoms with Crippen molar-refractivity contribution < 1.29 is 22.8 Å². The van der Waals surface area contributed by atoms with Gasteiger partial charge in [-0.3, -0.25) is 14.5 Å². The van der Waals surface area contributed by atoms with Crippen LogP contribution in [0.5, 0.6) is 0 Å². The van der Waals surface area contributed by atoms with Gasteiger partial charge < -0.3 is 10.6 Å². The molecule has 1 saturated heterocycles. The summed E-state index contributed by atoms with van der Waals surface area (Å²) >= 11 is 0. The van der Waals surface area contributed by atoms with Gasteiger partial charge in [0.15, 0.2) is 0 Å². The van der Waals surface area contributed by atoms with Gasteiger partial charge in [0.25, 0.3) is 0 Å². The molecular formula is C18H24F3N3O2. The highest BCUT2D eigenvalue weighted by molar-refractivity contribution is 5.88. The topological polar surface area (TPSA) is 61.4 Å². The van der Waals surface area contributed by atoms with E-state index in [-0.39, 0.29) is 36.3 Å². The highest BCUT2D eigenvalue weighted by atomic mass is 19.4. The number of nitrogens with one attached hydrogen (secondary N) is 2. The van der Waals surface area contributed by atoms with Gasteiger partial charge in [0.1, 0.15) is 0 Å². The fourth-order valence-electron chi connectivity index (χ4n) is 2.89. The number of carbonyl (C=O) groups excluding carboxylic acids is 2. The van der Waals surface area contributed by atoms with Crippen LogP contribution in [0.3, 0.4) is 0 Å². The molecule has 1 atom stereocenters. The Morgan fingerprint density at radius 1 is 1.35 bits per heavy atom. The van der Waals surface area contributed by atoms with Gasteiger partial charge in [0.05, 0.1) is 18.0 Å². The van der Waals surface area contributed by atoms with Gasteiger partial charge >= 0.3 is 6.18 Å². The Bertz CT molecular complexity index is 647. The van der Waals surface area contributed by atoms with Gasteiger partial charge in [0.2, 0.25) is 11.8 Å². The number of hydrogen-bond acceptors (Lipinski definition) is 3. The van der Waals surface area contributed by atoms with Crippen LogP contribution < -0.4 is 10.6 Å². The number of benzene rings is 1. The average Bonchev–Trinajstić information content (AvgIpc) is 2.55. The quantitative estimate of drug-likeness (QED) is 0.806. The van der Waals surface area contributed by atoms with Crippen LogP contribution in [0.15, 0.2) is 24.3 Å². The van der Waals surface area contributed by atoms with E-state index in [0.717, 1.165) is 6.07 Å². The molecule has 1 heterocycles. The summed E-state index contributed by atoms with van der Waals surface area (Å²) in [5.41, 5.74) is -0.615. The Labute approximate surface area is 150 Å². The third kappa shape index (κ3) is 5.45. The number of piperazine rings is 1. The van der Waals surface area contributed by atoms with Crippen molar-refractivity contribution in [2.45, 2.75) is 39.0 Å². The van der Waals surface area contributed by atoms with Crippen LogP contribution in [0.25, 0.3) is 0 Å². The third-order valence-corrected chi connectivity index (χ3v) is 4.22. The Morgan fingerprint density at radius 2 is 2.04 bits per heavy atom. The van der Waals surface area contributed by atoms with Crippen LogP contribution in [0.2, 0.25) is 0 Å². The molecular weight excluding hydrogens is 347 g/mol. The first-order valence-electron chi connectivity index (χ1n) is 8.62. The molecule has 1 aromatic rings. The fourth-order valence-corrected chi connectivity index (χ4v) is 2.89. The highest BCUT2D eigenvalue weighted by Crippen LogP contribution is 2.32. The first-order valence-corrected chi connectivity index (χ1v) is 8.62. The largest absolute Gasteiger partial charge is 0.416 e. The Hall–Kier alpha value is -2.09. The second-order valence-corrected chi connectivity index (χ2v) is 6.83. The summed E-state index contributed by atoms with van der Waals surface area (Å²) in [6.07, 6.45) is -4.54. The molecule has 1 aliphatic rings. The molecule has 26 heavy (non-hydrogen) atoms. The number of alkyl halides is 3. The van der Waals surface area contributed by atoms with E-state index in [1.165, 1.54) is 12.1 Å². The van der Waals surface area contributed by atoms with Crippen molar-refractivity contribution in [3.8, 4) is 0 Å². The maximum absolute atomic E-state index is 13.2. The molecule has 1 fully saturated rings. The molecule has 1 aliphatic heterocycles. The lowest BCUT2D eigenvalue weighted by molar-refractivity contribution is -0.139. The zero-order chi connectivity index (χ0) is 19.3. The lowest BCUT2D eigenvalue weighted by Crippen LogP contribution is -2.56. The van der Waals surface area contributed by atoms with Crippen molar-refractivity contribution in [2.75, 3.05) is 19.6 Å². The Balaban J connectivity index is 2.13. The molecule has 0 saturated carbocycles. The third-order valence-electron chi connectivity index (χ3n) is 4.22. The fraction of sp³-hybridized carbons (Fsp3) is 0.556. The summed E-state index contributed by atoms with van der Waals surface area (Å²) in [4.78, 5) is 25.9. The second-order valence-electron chi connectivity index (χ2n) is 6.83. The number of nitrogens with zero attached hydrogens (tertiary/aromatic N) is 1. The summed E-state index contributed by atoms with van der Waals surface area (Å²) in [6, 6.07) is 4.54. The Morgan fingerprint density at radius 3 is 2.69 bits per heavy atom. The molecule has 1 aromatic carbocycles. The van der Waals surface area contributed by atoms with Crippen LogP contribution in [-0.2, 0) is 22.3 Å². The number of halogens is 3. The number of amides is 2. The molecule has 0 spiro atoms. The lowest BCUT2D eigenvalue weighted by Gasteiger charge is -2.35. The molecule has 0 bridgehead atoms. The smallest absolute Gasteiger partial charge is 0.356 e. The van der Waals surface area contributed by atoms with Crippen LogP contribution in [0.4, 0.5) is 13.2 Å². The van der Waals surface area contributed by atoms with E-state index in [9.17, 15) is 22.8 Å². The van der Waals surface area contributed by atoms with Gasteiger partial charge in [0, 0.05) is 26.2 Å². The molecule has 8 heteroatoms. The average molecular weight is 371 g/mol. The summed E-state index contributed by atoms with van der Waals surface area (Å²) < 4.78 is 39.6. The van der Waals surface area contributed by atoms with Crippen molar-refractivity contribution in [1.29, 1.82) is 0 Å². The predicted molar refractivity (Wildman–Crippen MR) is 91.1 cm³/mol. The zero-order valence-electron chi connectivity index (χ0n) is 14.9. The maximum Gasteiger partial charge on any atom is 0.416 e. The molecule has 5 nitrogen and oxygen atoms in total. The monoisotopic (exact) mass is 371 g/mol. The maximum atomic E-state index is 13.2. The van der Waals surface area contributed by atoms with Crippen LogP contribution in [0.1, 0.15) is 31.4 Å². The summed E-state index contributed by atoms with van der Waals surface area (Å²) in [5, 5.41) is 5.42. The summed E-state index contributed by atoms with van der Waals surface area (Å²) in [6.45, 7) is 5.09.